The summed E-state index contributed by atoms with van der Waals surface area (Å²) < 4.78 is 0. The van der Waals surface area contributed by atoms with E-state index in [0.717, 1.165) is 6.42 Å². The highest BCUT2D eigenvalue weighted by Crippen LogP contribution is 2.30. The van der Waals surface area contributed by atoms with Crippen molar-refractivity contribution in [3.05, 3.63) is 5.25 Å². The summed E-state index contributed by atoms with van der Waals surface area (Å²) >= 11 is 8.64. The first-order chi connectivity index (χ1) is 3.79. The molecule has 1 radical (unpaired) electrons. The van der Waals surface area contributed by atoms with Crippen LogP contribution >= 0.6 is 25.3 Å². The van der Waals surface area contributed by atoms with E-state index < -0.39 is 0 Å². The summed E-state index contributed by atoms with van der Waals surface area (Å²) in [5, 5.41) is 1.92. The average molecular weight is 147 g/mol. The summed E-state index contributed by atoms with van der Waals surface area (Å²) in [5.41, 5.74) is 0. The van der Waals surface area contributed by atoms with E-state index in [9.17, 15) is 0 Å². The molecule has 8 heavy (non-hydrogen) atoms. The molecule has 1 unspecified atom stereocenters. The second-order valence-corrected chi connectivity index (χ2v) is 3.68. The van der Waals surface area contributed by atoms with Crippen LogP contribution < -0.4 is 0 Å². The van der Waals surface area contributed by atoms with Gasteiger partial charge in [-0.15, -0.1) is 0 Å². The van der Waals surface area contributed by atoms with Crippen LogP contribution in [-0.2, 0) is 0 Å². The lowest BCUT2D eigenvalue weighted by Crippen LogP contribution is -2.09. The molecule has 0 heterocycles. The van der Waals surface area contributed by atoms with E-state index in [-0.39, 0.29) is 0 Å². The molecule has 47 valence electrons. The third-order valence-electron chi connectivity index (χ3n) is 1.47. The van der Waals surface area contributed by atoms with E-state index in [2.05, 4.69) is 25.3 Å². The lowest BCUT2D eigenvalue weighted by molar-refractivity contribution is 0.596. The SMILES string of the molecule is S[C]1CCCC(S)C1. The molecule has 0 aromatic heterocycles. The maximum Gasteiger partial charge on any atom is 0.0284 e. The molecule has 1 saturated carbocycles. The molecule has 1 aliphatic rings. The Morgan fingerprint density at radius 2 is 2.25 bits per heavy atom. The Hall–Kier alpha value is 0.700. The van der Waals surface area contributed by atoms with Gasteiger partial charge in [-0.2, -0.15) is 25.3 Å². The van der Waals surface area contributed by atoms with Crippen molar-refractivity contribution in [1.29, 1.82) is 0 Å². The van der Waals surface area contributed by atoms with Crippen molar-refractivity contribution >= 4 is 25.3 Å². The average Bonchev–Trinajstić information content (AvgIpc) is 1.64. The number of thiol groups is 2. The highest BCUT2D eigenvalue weighted by Gasteiger charge is 2.15. The quantitative estimate of drug-likeness (QED) is 0.483. The third-order valence-corrected chi connectivity index (χ3v) is 2.32. The smallest absolute Gasteiger partial charge is 0.0284 e. The maximum absolute atomic E-state index is 4.35. The Labute approximate surface area is 61.9 Å². The van der Waals surface area contributed by atoms with Gasteiger partial charge in [0, 0.05) is 10.5 Å². The lowest BCUT2D eigenvalue weighted by Gasteiger charge is -2.20. The van der Waals surface area contributed by atoms with Gasteiger partial charge >= 0.3 is 0 Å². The molecule has 0 aliphatic heterocycles. The summed E-state index contributed by atoms with van der Waals surface area (Å²) in [7, 11) is 0. The third kappa shape index (κ3) is 1.90. The summed E-state index contributed by atoms with van der Waals surface area (Å²) in [6.07, 6.45) is 4.88. The molecule has 1 atom stereocenters. The molecular formula is C6H11S2. The fourth-order valence-corrected chi connectivity index (χ4v) is 1.94. The monoisotopic (exact) mass is 147 g/mol. The fourth-order valence-electron chi connectivity index (χ4n) is 1.02. The van der Waals surface area contributed by atoms with Crippen LogP contribution in [-0.4, -0.2) is 5.25 Å². The zero-order valence-corrected chi connectivity index (χ0v) is 6.59. The number of hydrogen-bond acceptors (Lipinski definition) is 2. The first-order valence-corrected chi connectivity index (χ1v) is 3.97. The molecule has 1 fully saturated rings. The van der Waals surface area contributed by atoms with Crippen molar-refractivity contribution in [2.45, 2.75) is 30.9 Å². The molecule has 0 saturated heterocycles. The Morgan fingerprint density at radius 3 is 2.62 bits per heavy atom. The van der Waals surface area contributed by atoms with Crippen LogP contribution in [0.4, 0.5) is 0 Å². The van der Waals surface area contributed by atoms with Gasteiger partial charge in [-0.05, 0) is 19.3 Å². The van der Waals surface area contributed by atoms with Crippen LogP contribution in [0.5, 0.6) is 0 Å². The van der Waals surface area contributed by atoms with Crippen LogP contribution in [0.2, 0.25) is 0 Å². The minimum Gasteiger partial charge on any atom is -0.176 e. The predicted molar refractivity (Wildman–Crippen MR) is 43.5 cm³/mol. The molecule has 0 N–H and O–H groups in total. The number of rotatable bonds is 0. The predicted octanol–water partition coefficient (Wildman–Crippen LogP) is 2.32. The van der Waals surface area contributed by atoms with Crippen molar-refractivity contribution in [2.75, 3.05) is 0 Å². The highest BCUT2D eigenvalue weighted by atomic mass is 32.1. The molecule has 0 nitrogen and oxygen atoms in total. The molecular weight excluding hydrogens is 136 g/mol. The fraction of sp³-hybridized carbons (Fsp3) is 0.833. The van der Waals surface area contributed by atoms with E-state index in [1.807, 2.05) is 0 Å². The first-order valence-electron chi connectivity index (χ1n) is 3.01. The van der Waals surface area contributed by atoms with Gasteiger partial charge in [0.1, 0.15) is 0 Å². The van der Waals surface area contributed by atoms with Crippen molar-refractivity contribution in [3.63, 3.8) is 0 Å². The summed E-state index contributed by atoms with van der Waals surface area (Å²) in [5.74, 6) is 0. The van der Waals surface area contributed by atoms with Gasteiger partial charge in [0.15, 0.2) is 0 Å². The topological polar surface area (TPSA) is 0 Å². The molecule has 1 rings (SSSR count). The molecule has 0 bridgehead atoms. The van der Waals surface area contributed by atoms with Gasteiger partial charge in [-0.1, -0.05) is 6.42 Å². The van der Waals surface area contributed by atoms with Crippen LogP contribution in [0.1, 0.15) is 25.7 Å². The van der Waals surface area contributed by atoms with E-state index in [1.54, 1.807) is 0 Å². The largest absolute Gasteiger partial charge is 0.176 e. The van der Waals surface area contributed by atoms with Crippen LogP contribution in [0.3, 0.4) is 0 Å². The Bertz CT molecular complexity index is 64.9. The van der Waals surface area contributed by atoms with Crippen molar-refractivity contribution in [2.24, 2.45) is 0 Å². The van der Waals surface area contributed by atoms with E-state index >= 15 is 0 Å². The van der Waals surface area contributed by atoms with Gasteiger partial charge in [-0.25, -0.2) is 0 Å². The molecule has 0 spiro atoms. The minimum absolute atomic E-state index is 0.594. The molecule has 0 aromatic carbocycles. The second kappa shape index (κ2) is 3.02. The molecule has 0 amide bonds. The van der Waals surface area contributed by atoms with E-state index in [0.29, 0.717) is 5.25 Å². The van der Waals surface area contributed by atoms with Gasteiger partial charge in [0.25, 0.3) is 0 Å². The van der Waals surface area contributed by atoms with Gasteiger partial charge in [0.05, 0.1) is 0 Å². The lowest BCUT2D eigenvalue weighted by atomic mass is 10.00. The molecule has 2 heteroatoms. The maximum atomic E-state index is 4.35. The summed E-state index contributed by atoms with van der Waals surface area (Å²) in [4.78, 5) is 0. The van der Waals surface area contributed by atoms with Crippen molar-refractivity contribution in [3.8, 4) is 0 Å². The van der Waals surface area contributed by atoms with Crippen molar-refractivity contribution < 1.29 is 0 Å². The Balaban J connectivity index is 2.23. The Kier molecular flexibility index (Phi) is 2.57. The Morgan fingerprint density at radius 1 is 1.50 bits per heavy atom. The highest BCUT2D eigenvalue weighted by molar-refractivity contribution is 7.83. The van der Waals surface area contributed by atoms with Gasteiger partial charge in [-0.3, -0.25) is 0 Å². The van der Waals surface area contributed by atoms with Crippen LogP contribution in [0.15, 0.2) is 0 Å². The molecule has 1 aliphatic carbocycles. The zero-order chi connectivity index (χ0) is 5.98. The van der Waals surface area contributed by atoms with E-state index in [1.165, 1.54) is 24.5 Å². The number of hydrogen-bond donors (Lipinski definition) is 2. The van der Waals surface area contributed by atoms with Crippen LogP contribution in [0.25, 0.3) is 0 Å². The van der Waals surface area contributed by atoms with Crippen molar-refractivity contribution in [1.82, 2.24) is 0 Å². The van der Waals surface area contributed by atoms with Crippen LogP contribution in [0, 0.1) is 5.25 Å². The van der Waals surface area contributed by atoms with Gasteiger partial charge in [0.2, 0.25) is 0 Å². The minimum atomic E-state index is 0.594. The van der Waals surface area contributed by atoms with E-state index in [4.69, 9.17) is 0 Å². The first kappa shape index (κ1) is 6.81. The standard InChI is InChI=1S/C6H11S2/c7-5-2-1-3-6(8)4-5/h5,7-8H,1-4H2. The summed E-state index contributed by atoms with van der Waals surface area (Å²) in [6, 6.07) is 0. The molecule has 0 aromatic rings. The van der Waals surface area contributed by atoms with Gasteiger partial charge < -0.3 is 0 Å². The zero-order valence-electron chi connectivity index (χ0n) is 4.80. The normalized spacial score (nSPS) is 33.0. The summed E-state index contributed by atoms with van der Waals surface area (Å²) in [6.45, 7) is 0. The second-order valence-electron chi connectivity index (χ2n) is 2.32.